The van der Waals surface area contributed by atoms with E-state index in [0.29, 0.717) is 18.5 Å². The number of hydrogen-bond donors (Lipinski definition) is 0. The smallest absolute Gasteiger partial charge is 0.265 e. The first-order valence-corrected chi connectivity index (χ1v) is 10.2. The Morgan fingerprint density at radius 2 is 1.93 bits per heavy atom. The highest BCUT2D eigenvalue weighted by molar-refractivity contribution is 5.27. The third kappa shape index (κ3) is 4.83. The van der Waals surface area contributed by atoms with E-state index >= 15 is 0 Å². The molecule has 0 aliphatic carbocycles. The average Bonchev–Trinajstić information content (AvgIpc) is 3.40. The average molecular weight is 386 g/mol. The van der Waals surface area contributed by atoms with Gasteiger partial charge in [0, 0.05) is 33.2 Å². The molecule has 2 aliphatic heterocycles. The topological polar surface area (TPSA) is 63.9 Å². The largest absolute Gasteiger partial charge is 0.491 e. The van der Waals surface area contributed by atoms with E-state index < -0.39 is 0 Å². The van der Waals surface area contributed by atoms with Gasteiger partial charge < -0.3 is 18.9 Å². The highest BCUT2D eigenvalue weighted by Crippen LogP contribution is 2.28. The zero-order valence-electron chi connectivity index (χ0n) is 16.8. The highest BCUT2D eigenvalue weighted by Gasteiger charge is 2.25. The molecule has 2 fully saturated rings. The van der Waals surface area contributed by atoms with Gasteiger partial charge in [-0.25, -0.2) is 0 Å². The van der Waals surface area contributed by atoms with E-state index in [1.807, 2.05) is 19.0 Å². The van der Waals surface area contributed by atoms with Crippen molar-refractivity contribution in [2.45, 2.75) is 44.2 Å². The molecule has 2 aliphatic rings. The van der Waals surface area contributed by atoms with Crippen molar-refractivity contribution in [2.24, 2.45) is 0 Å². The van der Waals surface area contributed by atoms with Crippen molar-refractivity contribution < 1.29 is 14.0 Å². The zero-order chi connectivity index (χ0) is 19.3. The van der Waals surface area contributed by atoms with Crippen LogP contribution in [-0.2, 0) is 11.3 Å². The molecule has 28 heavy (non-hydrogen) atoms. The second-order valence-corrected chi connectivity index (χ2v) is 7.97. The maximum absolute atomic E-state index is 5.85. The van der Waals surface area contributed by atoms with Crippen LogP contribution in [0.3, 0.4) is 0 Å². The summed E-state index contributed by atoms with van der Waals surface area (Å²) >= 11 is 0. The molecule has 0 radical (unpaired) electrons. The van der Waals surface area contributed by atoms with Crippen LogP contribution in [-0.4, -0.2) is 61.5 Å². The number of ether oxygens (including phenoxy) is 2. The number of aromatic nitrogens is 2. The fourth-order valence-corrected chi connectivity index (χ4v) is 3.83. The molecule has 0 bridgehead atoms. The first-order chi connectivity index (χ1) is 13.7. The van der Waals surface area contributed by atoms with Crippen molar-refractivity contribution in [3.63, 3.8) is 0 Å². The van der Waals surface area contributed by atoms with Gasteiger partial charge in [-0.05, 0) is 61.6 Å². The van der Waals surface area contributed by atoms with Crippen LogP contribution in [0.25, 0.3) is 0 Å². The Hall–Kier alpha value is -2.12. The highest BCUT2D eigenvalue weighted by atomic mass is 16.5. The molecule has 7 nitrogen and oxygen atoms in total. The number of benzene rings is 1. The normalized spacial score (nSPS) is 21.1. The summed E-state index contributed by atoms with van der Waals surface area (Å²) in [6.07, 6.45) is 4.62. The first-order valence-electron chi connectivity index (χ1n) is 10.2. The molecule has 1 aromatic carbocycles. The lowest BCUT2D eigenvalue weighted by atomic mass is 9.96. The Labute approximate surface area is 166 Å². The summed E-state index contributed by atoms with van der Waals surface area (Å²) in [5.41, 5.74) is 1.32. The van der Waals surface area contributed by atoms with Gasteiger partial charge in [-0.3, -0.25) is 4.90 Å². The zero-order valence-corrected chi connectivity index (χ0v) is 16.8. The summed E-state index contributed by atoms with van der Waals surface area (Å²) in [6, 6.07) is 8.47. The quantitative estimate of drug-likeness (QED) is 0.724. The van der Waals surface area contributed by atoms with Crippen LogP contribution in [0.1, 0.15) is 43.1 Å². The molecule has 0 saturated carbocycles. The fraction of sp³-hybridized carbons (Fsp3) is 0.619. The van der Waals surface area contributed by atoms with Crippen LogP contribution in [0.15, 0.2) is 28.8 Å². The monoisotopic (exact) mass is 386 g/mol. The number of rotatable bonds is 7. The molecule has 1 atom stereocenters. The van der Waals surface area contributed by atoms with Gasteiger partial charge in [0.05, 0.1) is 6.10 Å². The van der Waals surface area contributed by atoms with Crippen LogP contribution in [0.4, 0.5) is 5.95 Å². The number of hydrogen-bond acceptors (Lipinski definition) is 7. The van der Waals surface area contributed by atoms with Crippen molar-refractivity contribution in [3.8, 4) is 5.75 Å². The summed E-state index contributed by atoms with van der Waals surface area (Å²) in [7, 11) is 3.85. The van der Waals surface area contributed by atoms with E-state index in [1.54, 1.807) is 0 Å². The Morgan fingerprint density at radius 1 is 1.14 bits per heavy atom. The van der Waals surface area contributed by atoms with Gasteiger partial charge in [0.2, 0.25) is 5.89 Å². The van der Waals surface area contributed by atoms with Gasteiger partial charge in [0.1, 0.15) is 12.4 Å². The molecule has 1 aromatic heterocycles. The van der Waals surface area contributed by atoms with Gasteiger partial charge in [-0.1, -0.05) is 12.1 Å². The molecule has 3 heterocycles. The summed E-state index contributed by atoms with van der Waals surface area (Å²) in [4.78, 5) is 8.86. The van der Waals surface area contributed by atoms with Crippen LogP contribution in [0, 0.1) is 0 Å². The Bertz CT molecular complexity index is 732. The van der Waals surface area contributed by atoms with Crippen LogP contribution >= 0.6 is 0 Å². The number of piperidine rings is 1. The first kappa shape index (κ1) is 19.2. The summed E-state index contributed by atoms with van der Waals surface area (Å²) < 4.78 is 16.9. The number of anilines is 1. The predicted octanol–water partition coefficient (Wildman–Crippen LogP) is 3.07. The second kappa shape index (κ2) is 8.92. The minimum Gasteiger partial charge on any atom is -0.491 e. The summed E-state index contributed by atoms with van der Waals surface area (Å²) in [5.74, 6) is 2.72. The third-order valence-corrected chi connectivity index (χ3v) is 5.56. The van der Waals surface area contributed by atoms with Crippen molar-refractivity contribution in [1.82, 2.24) is 15.0 Å². The minimum absolute atomic E-state index is 0.258. The van der Waals surface area contributed by atoms with Gasteiger partial charge in [-0.2, -0.15) is 4.98 Å². The van der Waals surface area contributed by atoms with E-state index in [2.05, 4.69) is 39.3 Å². The predicted molar refractivity (Wildman–Crippen MR) is 107 cm³/mol. The Balaban J connectivity index is 1.22. The minimum atomic E-state index is 0.258. The SMILES string of the molecule is CN(C)c1noc(C2CCN(Cc3ccc(OCC4CCCO4)cc3)CC2)n1. The number of likely N-dealkylation sites (tertiary alicyclic amines) is 1. The van der Waals surface area contributed by atoms with E-state index in [0.717, 1.165) is 63.6 Å². The molecule has 0 N–H and O–H groups in total. The van der Waals surface area contributed by atoms with Gasteiger partial charge >= 0.3 is 0 Å². The van der Waals surface area contributed by atoms with Crippen molar-refractivity contribution in [2.75, 3.05) is 45.3 Å². The second-order valence-electron chi connectivity index (χ2n) is 7.97. The molecule has 0 amide bonds. The molecule has 7 heteroatoms. The lowest BCUT2D eigenvalue weighted by Gasteiger charge is -2.30. The van der Waals surface area contributed by atoms with Crippen LogP contribution < -0.4 is 9.64 Å². The van der Waals surface area contributed by atoms with Gasteiger partial charge in [0.25, 0.3) is 5.95 Å². The molecule has 152 valence electrons. The maximum atomic E-state index is 5.85. The molecule has 2 aromatic rings. The Kier molecular flexibility index (Phi) is 6.12. The summed E-state index contributed by atoms with van der Waals surface area (Å²) in [5, 5.41) is 4.03. The molecule has 0 spiro atoms. The molecular weight excluding hydrogens is 356 g/mol. The van der Waals surface area contributed by atoms with Crippen LogP contribution in [0.5, 0.6) is 5.75 Å². The van der Waals surface area contributed by atoms with E-state index in [-0.39, 0.29) is 6.10 Å². The van der Waals surface area contributed by atoms with Crippen LogP contribution in [0.2, 0.25) is 0 Å². The van der Waals surface area contributed by atoms with E-state index in [1.165, 1.54) is 5.56 Å². The van der Waals surface area contributed by atoms with Crippen molar-refractivity contribution in [3.05, 3.63) is 35.7 Å². The standard InChI is InChI=1S/C21H30N4O3/c1-24(2)21-22-20(28-23-21)17-9-11-25(12-10-17)14-16-5-7-18(8-6-16)27-15-19-4-3-13-26-19/h5-8,17,19H,3-4,9-15H2,1-2H3. The van der Waals surface area contributed by atoms with Gasteiger partial charge in [-0.15, -0.1) is 0 Å². The van der Waals surface area contributed by atoms with Gasteiger partial charge in [0.15, 0.2) is 0 Å². The summed E-state index contributed by atoms with van der Waals surface area (Å²) in [6.45, 7) is 4.57. The van der Waals surface area contributed by atoms with E-state index in [9.17, 15) is 0 Å². The lowest BCUT2D eigenvalue weighted by molar-refractivity contribution is 0.0679. The number of nitrogens with zero attached hydrogens (tertiary/aromatic N) is 4. The van der Waals surface area contributed by atoms with E-state index in [4.69, 9.17) is 14.0 Å². The lowest BCUT2D eigenvalue weighted by Crippen LogP contribution is -2.32. The van der Waals surface area contributed by atoms with Crippen molar-refractivity contribution >= 4 is 5.95 Å². The van der Waals surface area contributed by atoms with Crippen molar-refractivity contribution in [1.29, 1.82) is 0 Å². The molecular formula is C21H30N4O3. The Morgan fingerprint density at radius 3 is 2.57 bits per heavy atom. The fourth-order valence-electron chi connectivity index (χ4n) is 3.83. The third-order valence-electron chi connectivity index (χ3n) is 5.56. The molecule has 2 saturated heterocycles. The molecule has 1 unspecified atom stereocenters. The maximum Gasteiger partial charge on any atom is 0.265 e. The molecule has 4 rings (SSSR count).